The molecule has 0 aliphatic carbocycles. The normalized spacial score (nSPS) is 14.1. The molecule has 0 atom stereocenters. The molecular weight excluding hydrogens is 538 g/mol. The van der Waals surface area contributed by atoms with E-state index >= 15 is 0 Å². The molecular formula is C24H30BrN3O4S2. The monoisotopic (exact) mass is 567 g/mol. The number of hydrogen-bond donors (Lipinski definition) is 2. The molecule has 2 aromatic rings. The van der Waals surface area contributed by atoms with Crippen molar-refractivity contribution in [2.24, 2.45) is 0 Å². The Bertz CT molecular complexity index is 1100. The number of hydrogen-bond acceptors (Lipinski definition) is 5. The van der Waals surface area contributed by atoms with Gasteiger partial charge in [-0.1, -0.05) is 26.2 Å². The third kappa shape index (κ3) is 7.24. The van der Waals surface area contributed by atoms with Gasteiger partial charge in [0.05, 0.1) is 16.0 Å². The molecule has 34 heavy (non-hydrogen) atoms. The van der Waals surface area contributed by atoms with E-state index < -0.39 is 10.0 Å². The second-order valence-corrected chi connectivity index (χ2v) is 11.3. The number of anilines is 1. The molecule has 0 aromatic heterocycles. The lowest BCUT2D eigenvalue weighted by Crippen LogP contribution is -2.34. The summed E-state index contributed by atoms with van der Waals surface area (Å²) in [4.78, 5) is 12.8. The number of nitrogens with one attached hydrogen (secondary N) is 2. The Morgan fingerprint density at radius 2 is 1.79 bits per heavy atom. The van der Waals surface area contributed by atoms with Gasteiger partial charge >= 0.3 is 0 Å². The van der Waals surface area contributed by atoms with E-state index in [1.54, 1.807) is 42.5 Å². The van der Waals surface area contributed by atoms with E-state index in [4.69, 9.17) is 17.0 Å². The van der Waals surface area contributed by atoms with Crippen molar-refractivity contribution in [1.29, 1.82) is 0 Å². The number of halogens is 1. The van der Waals surface area contributed by atoms with Crippen LogP contribution in [0.25, 0.3) is 0 Å². The fraction of sp³-hybridized carbons (Fsp3) is 0.417. The molecule has 0 radical (unpaired) electrons. The van der Waals surface area contributed by atoms with Crippen molar-refractivity contribution in [3.8, 4) is 5.75 Å². The zero-order valence-electron chi connectivity index (χ0n) is 19.2. The van der Waals surface area contributed by atoms with Crippen molar-refractivity contribution >= 4 is 54.9 Å². The van der Waals surface area contributed by atoms with Gasteiger partial charge in [0.15, 0.2) is 5.11 Å². The van der Waals surface area contributed by atoms with Crippen LogP contribution in [0.1, 0.15) is 55.8 Å². The molecule has 0 spiro atoms. The third-order valence-corrected chi connectivity index (χ3v) is 8.23. The number of carbonyl (C=O) groups excluding carboxylic acids is 1. The van der Waals surface area contributed by atoms with E-state index in [1.165, 1.54) is 17.1 Å². The van der Waals surface area contributed by atoms with Gasteiger partial charge in [0.2, 0.25) is 10.0 Å². The number of amides is 1. The number of sulfonamides is 1. The third-order valence-electron chi connectivity index (χ3n) is 5.49. The summed E-state index contributed by atoms with van der Waals surface area (Å²) in [6.07, 6.45) is 6.27. The molecule has 0 saturated carbocycles. The summed E-state index contributed by atoms with van der Waals surface area (Å²) in [7, 11) is -3.47. The number of carbonyl (C=O) groups is 1. The second kappa shape index (κ2) is 12.6. The van der Waals surface area contributed by atoms with Gasteiger partial charge in [0.25, 0.3) is 5.91 Å². The van der Waals surface area contributed by atoms with Gasteiger partial charge in [-0.15, -0.1) is 0 Å². The first-order valence-electron chi connectivity index (χ1n) is 11.5. The minimum absolute atomic E-state index is 0.118. The number of ether oxygens (including phenoxy) is 1. The lowest BCUT2D eigenvalue weighted by molar-refractivity contribution is 0.0977. The highest BCUT2D eigenvalue weighted by Crippen LogP contribution is 2.26. The summed E-state index contributed by atoms with van der Waals surface area (Å²) in [6, 6.07) is 11.5. The SMILES string of the molecule is CCCCCCOc1ccc(C(=O)NC(=S)Nc2ccc(S(=O)(=O)N3CCCC3)cc2)cc1Br. The van der Waals surface area contributed by atoms with Gasteiger partial charge in [0.1, 0.15) is 5.75 Å². The zero-order valence-corrected chi connectivity index (χ0v) is 22.4. The number of benzene rings is 2. The van der Waals surface area contributed by atoms with Crippen molar-refractivity contribution < 1.29 is 17.9 Å². The molecule has 184 valence electrons. The summed E-state index contributed by atoms with van der Waals surface area (Å²) in [6.45, 7) is 3.92. The van der Waals surface area contributed by atoms with E-state index in [1.807, 2.05) is 0 Å². The largest absolute Gasteiger partial charge is 0.492 e. The number of thiocarbonyl (C=S) groups is 1. The molecule has 0 unspecified atom stereocenters. The number of rotatable bonds is 10. The smallest absolute Gasteiger partial charge is 0.257 e. The van der Waals surface area contributed by atoms with Crippen LogP contribution in [-0.4, -0.2) is 43.4 Å². The summed E-state index contributed by atoms with van der Waals surface area (Å²) < 4.78 is 33.2. The fourth-order valence-electron chi connectivity index (χ4n) is 3.60. The minimum Gasteiger partial charge on any atom is -0.492 e. The molecule has 1 aliphatic heterocycles. The van der Waals surface area contributed by atoms with Crippen LogP contribution in [0.2, 0.25) is 0 Å². The lowest BCUT2D eigenvalue weighted by atomic mass is 10.2. The van der Waals surface area contributed by atoms with Crippen LogP contribution in [-0.2, 0) is 10.0 Å². The minimum atomic E-state index is -3.47. The molecule has 1 amide bonds. The van der Waals surface area contributed by atoms with Gasteiger partial charge in [-0.2, -0.15) is 4.31 Å². The van der Waals surface area contributed by atoms with Crippen molar-refractivity contribution in [3.05, 3.63) is 52.5 Å². The maximum Gasteiger partial charge on any atom is 0.257 e. The Morgan fingerprint density at radius 1 is 1.09 bits per heavy atom. The Kier molecular flexibility index (Phi) is 9.87. The van der Waals surface area contributed by atoms with Gasteiger partial charge in [-0.05, 0) is 89.9 Å². The van der Waals surface area contributed by atoms with E-state index in [9.17, 15) is 13.2 Å². The maximum atomic E-state index is 12.6. The maximum absolute atomic E-state index is 12.6. The van der Waals surface area contributed by atoms with Crippen molar-refractivity contribution in [1.82, 2.24) is 9.62 Å². The Hall–Kier alpha value is -2.01. The van der Waals surface area contributed by atoms with Gasteiger partial charge in [-0.25, -0.2) is 8.42 Å². The first kappa shape index (κ1) is 26.6. The quantitative estimate of drug-likeness (QED) is 0.298. The topological polar surface area (TPSA) is 87.7 Å². The molecule has 10 heteroatoms. The van der Waals surface area contributed by atoms with E-state index in [0.29, 0.717) is 41.2 Å². The van der Waals surface area contributed by atoms with E-state index in [2.05, 4.69) is 33.5 Å². The van der Waals surface area contributed by atoms with Crippen LogP contribution in [0.4, 0.5) is 5.69 Å². The molecule has 1 fully saturated rings. The van der Waals surface area contributed by atoms with Crippen molar-refractivity contribution in [2.75, 3.05) is 25.0 Å². The van der Waals surface area contributed by atoms with Crippen LogP contribution < -0.4 is 15.4 Å². The molecule has 2 aromatic carbocycles. The lowest BCUT2D eigenvalue weighted by Gasteiger charge is -2.16. The first-order valence-corrected chi connectivity index (χ1v) is 14.1. The predicted molar refractivity (Wildman–Crippen MR) is 142 cm³/mol. The van der Waals surface area contributed by atoms with Gasteiger partial charge in [-0.3, -0.25) is 10.1 Å². The standard InChI is InChI=1S/C24H30BrN3O4S2/c1-2-3-4-7-16-32-22-13-8-18(17-21(22)25)23(29)27-24(33)26-19-9-11-20(12-10-19)34(30,31)28-14-5-6-15-28/h8-13,17H,2-7,14-16H2,1H3,(H2,26,27,29,33). The summed E-state index contributed by atoms with van der Waals surface area (Å²) in [5.74, 6) is 0.332. The Morgan fingerprint density at radius 3 is 2.44 bits per heavy atom. The highest BCUT2D eigenvalue weighted by Gasteiger charge is 2.26. The first-order chi connectivity index (χ1) is 16.3. The average Bonchev–Trinajstić information content (AvgIpc) is 3.36. The van der Waals surface area contributed by atoms with Crippen LogP contribution in [0, 0.1) is 0 Å². The average molecular weight is 569 g/mol. The van der Waals surface area contributed by atoms with E-state index in [0.717, 1.165) is 25.7 Å². The summed E-state index contributed by atoms with van der Waals surface area (Å²) >= 11 is 8.71. The summed E-state index contributed by atoms with van der Waals surface area (Å²) in [5, 5.41) is 5.67. The molecule has 3 rings (SSSR count). The molecule has 1 saturated heterocycles. The predicted octanol–water partition coefficient (Wildman–Crippen LogP) is 5.32. The van der Waals surface area contributed by atoms with Crippen LogP contribution in [0.15, 0.2) is 51.8 Å². The van der Waals surface area contributed by atoms with E-state index in [-0.39, 0.29) is 15.9 Å². The van der Waals surface area contributed by atoms with Gasteiger partial charge < -0.3 is 10.1 Å². The van der Waals surface area contributed by atoms with Gasteiger partial charge in [0, 0.05) is 24.3 Å². The molecule has 7 nitrogen and oxygen atoms in total. The van der Waals surface area contributed by atoms with Crippen molar-refractivity contribution in [3.63, 3.8) is 0 Å². The number of nitrogens with zero attached hydrogens (tertiary/aromatic N) is 1. The molecule has 2 N–H and O–H groups in total. The van der Waals surface area contributed by atoms with Crippen LogP contribution >= 0.6 is 28.1 Å². The molecule has 1 aliphatic rings. The number of unbranched alkanes of at least 4 members (excludes halogenated alkanes) is 3. The Labute approximate surface area is 215 Å². The fourth-order valence-corrected chi connectivity index (χ4v) is 5.82. The molecule has 0 bridgehead atoms. The second-order valence-electron chi connectivity index (χ2n) is 8.10. The van der Waals surface area contributed by atoms with Crippen LogP contribution in [0.3, 0.4) is 0 Å². The molecule has 1 heterocycles. The zero-order chi connectivity index (χ0) is 24.6. The summed E-state index contributed by atoms with van der Waals surface area (Å²) in [5.41, 5.74) is 1.01. The van der Waals surface area contributed by atoms with Crippen molar-refractivity contribution in [2.45, 2.75) is 50.3 Å². The van der Waals surface area contributed by atoms with Crippen LogP contribution in [0.5, 0.6) is 5.75 Å². The highest BCUT2D eigenvalue weighted by molar-refractivity contribution is 9.10. The highest BCUT2D eigenvalue weighted by atomic mass is 79.9. The Balaban J connectivity index is 1.52.